The highest BCUT2D eigenvalue weighted by atomic mass is 16.9. The quantitative estimate of drug-likeness (QED) is 0.530. The first-order chi connectivity index (χ1) is 8.81. The molecule has 0 unspecified atom stereocenters. The summed E-state index contributed by atoms with van der Waals surface area (Å²) < 4.78 is 13.4. The lowest BCUT2D eigenvalue weighted by Crippen LogP contribution is -2.51. The van der Waals surface area contributed by atoms with E-state index in [4.69, 9.17) is 5.11 Å². The number of aliphatic carboxylic acids is 1. The Morgan fingerprint density at radius 2 is 1.05 bits per heavy atom. The van der Waals surface area contributed by atoms with Gasteiger partial charge in [-0.15, -0.1) is 0 Å². The first kappa shape index (κ1) is 16.9. The van der Waals surface area contributed by atoms with Gasteiger partial charge in [0.1, 0.15) is 0 Å². The van der Waals surface area contributed by atoms with Crippen LogP contribution in [-0.4, -0.2) is 35.0 Å². The molecule has 0 saturated heterocycles. The number of hydrogen-bond acceptors (Lipinski definition) is 7. The van der Waals surface area contributed by atoms with Crippen molar-refractivity contribution in [3.63, 3.8) is 0 Å². The Bertz CT molecular complexity index is 327. The van der Waals surface area contributed by atoms with Gasteiger partial charge in [-0.2, -0.15) is 0 Å². The lowest BCUT2D eigenvalue weighted by molar-refractivity contribution is -0.319. The van der Waals surface area contributed by atoms with E-state index in [0.29, 0.717) is 0 Å². The molecular formula is C11H16O8. The third kappa shape index (κ3) is 4.94. The third-order valence-corrected chi connectivity index (χ3v) is 1.87. The Hall–Kier alpha value is -2.12. The van der Waals surface area contributed by atoms with Gasteiger partial charge in [0.25, 0.3) is 0 Å². The molecule has 0 aliphatic carbocycles. The lowest BCUT2D eigenvalue weighted by Gasteiger charge is -2.26. The molecule has 0 aromatic carbocycles. The van der Waals surface area contributed by atoms with E-state index in [1.807, 2.05) is 0 Å². The van der Waals surface area contributed by atoms with Crippen molar-refractivity contribution in [2.75, 3.05) is 0 Å². The van der Waals surface area contributed by atoms with Crippen molar-refractivity contribution < 1.29 is 38.5 Å². The van der Waals surface area contributed by atoms with Gasteiger partial charge < -0.3 is 19.3 Å². The van der Waals surface area contributed by atoms with Crippen LogP contribution in [0.4, 0.5) is 0 Å². The summed E-state index contributed by atoms with van der Waals surface area (Å²) in [7, 11) is 0. The molecule has 1 N–H and O–H groups in total. The molecule has 19 heavy (non-hydrogen) atoms. The van der Waals surface area contributed by atoms with Gasteiger partial charge in [0, 0.05) is 19.3 Å². The van der Waals surface area contributed by atoms with Crippen molar-refractivity contribution in [2.24, 2.45) is 0 Å². The molecule has 0 fully saturated rings. The molecule has 8 heteroatoms. The molecule has 8 nitrogen and oxygen atoms in total. The van der Waals surface area contributed by atoms with Crippen LogP contribution in [0, 0.1) is 0 Å². The number of ether oxygens (including phenoxy) is 3. The standard InChI is InChI=1S/C11H16O8/c1-4-7(12)17-11(10(15)16,18-8(13)5-2)19-9(14)6-3/h4-6H2,1-3H3,(H,15,16). The number of carboxylic acids is 1. The zero-order valence-electron chi connectivity index (χ0n) is 10.9. The SMILES string of the molecule is CCC(=O)OC(OC(=O)CC)(OC(=O)CC)C(=O)O. The molecular weight excluding hydrogens is 260 g/mol. The Labute approximate surface area is 109 Å². The van der Waals surface area contributed by atoms with Crippen molar-refractivity contribution >= 4 is 23.9 Å². The van der Waals surface area contributed by atoms with Crippen LogP contribution in [-0.2, 0) is 33.4 Å². The summed E-state index contributed by atoms with van der Waals surface area (Å²) in [6, 6.07) is 0. The minimum atomic E-state index is -3.06. The van der Waals surface area contributed by atoms with Crippen LogP contribution in [0.25, 0.3) is 0 Å². The molecule has 0 aromatic heterocycles. The molecule has 0 atom stereocenters. The Morgan fingerprint density at radius 1 is 0.789 bits per heavy atom. The number of esters is 3. The summed E-state index contributed by atoms with van der Waals surface area (Å²) in [6.45, 7) is 4.20. The Balaban J connectivity index is 5.33. The maximum Gasteiger partial charge on any atom is 0.529 e. The van der Waals surface area contributed by atoms with E-state index in [9.17, 15) is 19.2 Å². The van der Waals surface area contributed by atoms with Crippen molar-refractivity contribution in [2.45, 2.75) is 46.0 Å². The van der Waals surface area contributed by atoms with Crippen molar-refractivity contribution in [3.05, 3.63) is 0 Å². The number of carboxylic acid groups (broad SMARTS) is 1. The summed E-state index contributed by atoms with van der Waals surface area (Å²) in [4.78, 5) is 44.8. The first-order valence-corrected chi connectivity index (χ1v) is 5.70. The third-order valence-electron chi connectivity index (χ3n) is 1.87. The fourth-order valence-electron chi connectivity index (χ4n) is 0.860. The summed E-state index contributed by atoms with van der Waals surface area (Å²) in [5, 5.41) is 9.03. The fourth-order valence-corrected chi connectivity index (χ4v) is 0.860. The van der Waals surface area contributed by atoms with Gasteiger partial charge in [-0.05, 0) is 0 Å². The average Bonchev–Trinajstić information content (AvgIpc) is 2.37. The fraction of sp³-hybridized carbons (Fsp3) is 0.636. The van der Waals surface area contributed by atoms with E-state index in [1.165, 1.54) is 20.8 Å². The van der Waals surface area contributed by atoms with Crippen LogP contribution in [0.15, 0.2) is 0 Å². The molecule has 0 saturated carbocycles. The number of rotatable bonds is 7. The lowest BCUT2D eigenvalue weighted by atomic mass is 10.4. The summed E-state index contributed by atoms with van der Waals surface area (Å²) in [5.74, 6) is -7.94. The smallest absolute Gasteiger partial charge is 0.472 e. The van der Waals surface area contributed by atoms with Crippen molar-refractivity contribution in [1.82, 2.24) is 0 Å². The molecule has 0 heterocycles. The largest absolute Gasteiger partial charge is 0.529 e. The number of carbonyl (C=O) groups is 4. The highest BCUT2D eigenvalue weighted by molar-refractivity contribution is 5.85. The van der Waals surface area contributed by atoms with Gasteiger partial charge in [-0.3, -0.25) is 14.4 Å². The zero-order chi connectivity index (χ0) is 15.1. The van der Waals surface area contributed by atoms with Gasteiger partial charge in [0.2, 0.25) is 0 Å². The molecule has 0 radical (unpaired) electrons. The zero-order valence-corrected chi connectivity index (χ0v) is 10.9. The second kappa shape index (κ2) is 7.34. The van der Waals surface area contributed by atoms with E-state index in [1.54, 1.807) is 0 Å². The van der Waals surface area contributed by atoms with E-state index in [0.717, 1.165) is 0 Å². The van der Waals surface area contributed by atoms with Crippen molar-refractivity contribution in [3.8, 4) is 0 Å². The number of hydrogen-bond donors (Lipinski definition) is 1. The molecule has 0 rings (SSSR count). The maximum absolute atomic E-state index is 11.2. The van der Waals surface area contributed by atoms with Gasteiger partial charge in [0.15, 0.2) is 0 Å². The molecule has 0 aliphatic heterocycles. The van der Waals surface area contributed by atoms with Crippen LogP contribution >= 0.6 is 0 Å². The predicted molar refractivity (Wildman–Crippen MR) is 59.5 cm³/mol. The molecule has 0 aromatic rings. The van der Waals surface area contributed by atoms with Gasteiger partial charge in [-0.1, -0.05) is 20.8 Å². The Kier molecular flexibility index (Phi) is 6.53. The minimum absolute atomic E-state index is 0.178. The van der Waals surface area contributed by atoms with Gasteiger partial charge >= 0.3 is 29.9 Å². The second-order valence-corrected chi connectivity index (χ2v) is 3.34. The van der Waals surface area contributed by atoms with Gasteiger partial charge in [0.05, 0.1) is 0 Å². The highest BCUT2D eigenvalue weighted by Gasteiger charge is 2.52. The molecule has 108 valence electrons. The van der Waals surface area contributed by atoms with Gasteiger partial charge in [-0.25, -0.2) is 4.79 Å². The minimum Gasteiger partial charge on any atom is -0.472 e. The Morgan fingerprint density at radius 3 is 1.21 bits per heavy atom. The van der Waals surface area contributed by atoms with Crippen LogP contribution < -0.4 is 0 Å². The maximum atomic E-state index is 11.2. The summed E-state index contributed by atoms with van der Waals surface area (Å²) in [6.07, 6.45) is -0.535. The summed E-state index contributed by atoms with van der Waals surface area (Å²) in [5.41, 5.74) is 0. The second-order valence-electron chi connectivity index (χ2n) is 3.34. The van der Waals surface area contributed by atoms with E-state index in [2.05, 4.69) is 14.2 Å². The van der Waals surface area contributed by atoms with Crippen LogP contribution in [0.3, 0.4) is 0 Å². The van der Waals surface area contributed by atoms with Crippen LogP contribution in [0.5, 0.6) is 0 Å². The normalized spacial score (nSPS) is 10.5. The van der Waals surface area contributed by atoms with E-state index >= 15 is 0 Å². The molecule has 0 amide bonds. The summed E-state index contributed by atoms with van der Waals surface area (Å²) >= 11 is 0. The average molecular weight is 276 g/mol. The van der Waals surface area contributed by atoms with E-state index < -0.39 is 29.9 Å². The van der Waals surface area contributed by atoms with E-state index in [-0.39, 0.29) is 19.3 Å². The predicted octanol–water partition coefficient (Wildman–Crippen LogP) is 0.584. The first-order valence-electron chi connectivity index (χ1n) is 5.70. The van der Waals surface area contributed by atoms with Crippen LogP contribution in [0.1, 0.15) is 40.0 Å². The molecule has 0 bridgehead atoms. The highest BCUT2D eigenvalue weighted by Crippen LogP contribution is 2.19. The molecule has 0 aliphatic rings. The van der Waals surface area contributed by atoms with Crippen molar-refractivity contribution in [1.29, 1.82) is 0 Å². The molecule has 0 spiro atoms. The number of carbonyl (C=O) groups excluding carboxylic acids is 3. The van der Waals surface area contributed by atoms with Crippen LogP contribution in [0.2, 0.25) is 0 Å². The topological polar surface area (TPSA) is 116 Å². The monoisotopic (exact) mass is 276 g/mol.